The topological polar surface area (TPSA) is 75.4 Å². The van der Waals surface area contributed by atoms with Crippen molar-refractivity contribution in [3.8, 4) is 0 Å². The number of hydrogen-bond acceptors (Lipinski definition) is 4. The van der Waals surface area contributed by atoms with Gasteiger partial charge in [0.25, 0.3) is 5.91 Å². The highest BCUT2D eigenvalue weighted by Crippen LogP contribution is 2.23. The minimum atomic E-state index is -0.128. The van der Waals surface area contributed by atoms with Crippen LogP contribution in [0.15, 0.2) is 22.7 Å². The van der Waals surface area contributed by atoms with Gasteiger partial charge in [-0.15, -0.1) is 0 Å². The number of nitrogens with two attached hydrogens (primary N) is 1. The van der Waals surface area contributed by atoms with Gasteiger partial charge in [-0.2, -0.15) is 11.8 Å². The van der Waals surface area contributed by atoms with Gasteiger partial charge in [0.15, 0.2) is 0 Å². The van der Waals surface area contributed by atoms with Crippen molar-refractivity contribution in [1.82, 2.24) is 5.32 Å². The van der Waals surface area contributed by atoms with Gasteiger partial charge in [0.05, 0.1) is 10.0 Å². The van der Waals surface area contributed by atoms with Crippen molar-refractivity contribution in [3.05, 3.63) is 28.2 Å². The van der Waals surface area contributed by atoms with Crippen LogP contribution in [0.25, 0.3) is 0 Å². The minimum Gasteiger partial charge on any atom is -0.398 e. The number of halogens is 1. The van der Waals surface area contributed by atoms with E-state index in [-0.39, 0.29) is 12.5 Å². The molecule has 0 aromatic heterocycles. The number of anilines is 1. The van der Waals surface area contributed by atoms with Crippen LogP contribution in [0.1, 0.15) is 16.8 Å². The maximum atomic E-state index is 11.9. The molecular weight excluding hydrogens is 316 g/mol. The van der Waals surface area contributed by atoms with Crippen molar-refractivity contribution in [2.45, 2.75) is 6.42 Å². The number of amides is 1. The van der Waals surface area contributed by atoms with Crippen LogP contribution in [0.3, 0.4) is 0 Å². The van der Waals surface area contributed by atoms with Gasteiger partial charge >= 0.3 is 0 Å². The number of carbonyl (C=O) groups is 1. The molecule has 0 aliphatic carbocycles. The molecule has 0 radical (unpaired) electrons. The lowest BCUT2D eigenvalue weighted by molar-refractivity contribution is 0.0955. The van der Waals surface area contributed by atoms with E-state index in [0.717, 1.165) is 17.9 Å². The smallest absolute Gasteiger partial charge is 0.252 e. The lowest BCUT2D eigenvalue weighted by Crippen LogP contribution is -2.26. The average Bonchev–Trinajstić information content (AvgIpc) is 2.36. The molecule has 1 rings (SSSR count). The summed E-state index contributed by atoms with van der Waals surface area (Å²) >= 11 is 5.02. The second kappa shape index (κ2) is 8.39. The van der Waals surface area contributed by atoms with Gasteiger partial charge in [0.2, 0.25) is 0 Å². The predicted molar refractivity (Wildman–Crippen MR) is 79.9 cm³/mol. The summed E-state index contributed by atoms with van der Waals surface area (Å²) in [6, 6.07) is 5.23. The summed E-state index contributed by atoms with van der Waals surface area (Å²) < 4.78 is 0.635. The Bertz CT molecular complexity index is 402. The molecule has 0 spiro atoms. The van der Waals surface area contributed by atoms with Gasteiger partial charge < -0.3 is 16.2 Å². The van der Waals surface area contributed by atoms with Crippen LogP contribution < -0.4 is 11.1 Å². The second-order valence-electron chi connectivity index (χ2n) is 3.65. The standard InChI is InChI=1S/C12H17BrN2O2S/c13-11-9(3-1-4-10(11)14)12(17)15-5-8-18-7-2-6-16/h1,3-4,16H,2,5-8,14H2,(H,15,17). The Morgan fingerprint density at radius 3 is 2.94 bits per heavy atom. The Hall–Kier alpha value is -0.720. The molecule has 1 amide bonds. The first kappa shape index (κ1) is 15.3. The van der Waals surface area contributed by atoms with E-state index in [9.17, 15) is 4.79 Å². The Balaban J connectivity index is 2.35. The fourth-order valence-electron chi connectivity index (χ4n) is 1.33. The van der Waals surface area contributed by atoms with Crippen LogP contribution in [0, 0.1) is 0 Å². The molecule has 1 aromatic carbocycles. The molecule has 0 atom stereocenters. The second-order valence-corrected chi connectivity index (χ2v) is 5.67. The van der Waals surface area contributed by atoms with Gasteiger partial charge in [0.1, 0.15) is 0 Å². The number of nitrogen functional groups attached to an aromatic ring is 1. The van der Waals surface area contributed by atoms with Gasteiger partial charge in [-0.05, 0) is 40.2 Å². The molecule has 0 aliphatic heterocycles. The van der Waals surface area contributed by atoms with E-state index in [4.69, 9.17) is 10.8 Å². The Morgan fingerprint density at radius 2 is 2.22 bits per heavy atom. The van der Waals surface area contributed by atoms with E-state index in [2.05, 4.69) is 21.2 Å². The van der Waals surface area contributed by atoms with Crippen molar-refractivity contribution in [2.24, 2.45) is 0 Å². The number of carbonyl (C=O) groups excluding carboxylic acids is 1. The summed E-state index contributed by atoms with van der Waals surface area (Å²) in [5.74, 6) is 1.62. The van der Waals surface area contributed by atoms with E-state index in [1.165, 1.54) is 0 Å². The van der Waals surface area contributed by atoms with E-state index in [1.54, 1.807) is 30.0 Å². The van der Waals surface area contributed by atoms with Crippen LogP contribution >= 0.6 is 27.7 Å². The quantitative estimate of drug-likeness (QED) is 0.526. The van der Waals surface area contributed by atoms with E-state index in [1.807, 2.05) is 0 Å². The molecule has 0 saturated heterocycles. The molecule has 0 saturated carbocycles. The molecule has 0 bridgehead atoms. The molecule has 6 heteroatoms. The third kappa shape index (κ3) is 4.88. The number of aliphatic hydroxyl groups excluding tert-OH is 1. The molecule has 100 valence electrons. The Kier molecular flexibility index (Phi) is 7.15. The van der Waals surface area contributed by atoms with Crippen LogP contribution in [-0.4, -0.2) is 35.7 Å². The van der Waals surface area contributed by atoms with Crippen molar-refractivity contribution in [3.63, 3.8) is 0 Å². The molecule has 0 unspecified atom stereocenters. The number of thioether (sulfide) groups is 1. The van der Waals surface area contributed by atoms with Gasteiger partial charge in [-0.3, -0.25) is 4.79 Å². The number of benzene rings is 1. The molecule has 4 N–H and O–H groups in total. The first-order chi connectivity index (χ1) is 8.66. The van der Waals surface area contributed by atoms with Crippen LogP contribution in [0.4, 0.5) is 5.69 Å². The zero-order valence-electron chi connectivity index (χ0n) is 9.99. The fraction of sp³-hybridized carbons (Fsp3) is 0.417. The molecule has 18 heavy (non-hydrogen) atoms. The maximum absolute atomic E-state index is 11.9. The maximum Gasteiger partial charge on any atom is 0.252 e. The lowest BCUT2D eigenvalue weighted by Gasteiger charge is -2.08. The molecule has 1 aromatic rings. The molecule has 0 fully saturated rings. The lowest BCUT2D eigenvalue weighted by atomic mass is 10.2. The minimum absolute atomic E-state index is 0.128. The van der Waals surface area contributed by atoms with Crippen molar-refractivity contribution < 1.29 is 9.90 Å². The molecule has 0 aliphatic rings. The summed E-state index contributed by atoms with van der Waals surface area (Å²) in [7, 11) is 0. The molecule has 4 nitrogen and oxygen atoms in total. The number of hydrogen-bond donors (Lipinski definition) is 3. The zero-order chi connectivity index (χ0) is 13.4. The summed E-state index contributed by atoms with van der Waals surface area (Å²) in [5, 5.41) is 11.5. The monoisotopic (exact) mass is 332 g/mol. The van der Waals surface area contributed by atoms with Gasteiger partial charge in [-0.25, -0.2) is 0 Å². The first-order valence-corrected chi connectivity index (χ1v) is 7.62. The van der Waals surface area contributed by atoms with Crippen molar-refractivity contribution in [1.29, 1.82) is 0 Å². The van der Waals surface area contributed by atoms with Gasteiger partial charge in [0, 0.05) is 24.6 Å². The largest absolute Gasteiger partial charge is 0.398 e. The van der Waals surface area contributed by atoms with E-state index < -0.39 is 0 Å². The van der Waals surface area contributed by atoms with E-state index >= 15 is 0 Å². The SMILES string of the molecule is Nc1cccc(C(=O)NCCSCCCO)c1Br. The summed E-state index contributed by atoms with van der Waals surface area (Å²) in [6.07, 6.45) is 0.791. The number of nitrogens with one attached hydrogen (secondary N) is 1. The van der Waals surface area contributed by atoms with Gasteiger partial charge in [-0.1, -0.05) is 6.07 Å². The van der Waals surface area contributed by atoms with Crippen LogP contribution in [0.5, 0.6) is 0 Å². The normalized spacial score (nSPS) is 10.3. The zero-order valence-corrected chi connectivity index (χ0v) is 12.4. The third-order valence-electron chi connectivity index (χ3n) is 2.25. The summed E-state index contributed by atoms with van der Waals surface area (Å²) in [5.41, 5.74) is 6.82. The van der Waals surface area contributed by atoms with E-state index in [0.29, 0.717) is 22.3 Å². The van der Waals surface area contributed by atoms with Crippen molar-refractivity contribution in [2.75, 3.05) is 30.4 Å². The summed E-state index contributed by atoms with van der Waals surface area (Å²) in [6.45, 7) is 0.825. The number of rotatable bonds is 7. The Labute approximate surface area is 119 Å². The van der Waals surface area contributed by atoms with Crippen molar-refractivity contribution >= 4 is 39.3 Å². The highest BCUT2D eigenvalue weighted by atomic mass is 79.9. The van der Waals surface area contributed by atoms with Crippen LogP contribution in [-0.2, 0) is 0 Å². The summed E-state index contributed by atoms with van der Waals surface area (Å²) in [4.78, 5) is 11.9. The third-order valence-corrected chi connectivity index (χ3v) is 4.21. The Morgan fingerprint density at radius 1 is 1.44 bits per heavy atom. The van der Waals surface area contributed by atoms with Crippen LogP contribution in [0.2, 0.25) is 0 Å². The predicted octanol–water partition coefficient (Wildman–Crippen LogP) is 1.88. The molecule has 0 heterocycles. The molecular formula is C12H17BrN2O2S. The fourth-order valence-corrected chi connectivity index (χ4v) is 2.55. The number of aliphatic hydroxyl groups is 1. The highest BCUT2D eigenvalue weighted by Gasteiger charge is 2.10. The average molecular weight is 333 g/mol. The highest BCUT2D eigenvalue weighted by molar-refractivity contribution is 9.10. The first-order valence-electron chi connectivity index (χ1n) is 5.67.